The predicted molar refractivity (Wildman–Crippen MR) is 74.3 cm³/mol. The Morgan fingerprint density at radius 1 is 1.42 bits per heavy atom. The average Bonchev–Trinajstić information content (AvgIpc) is 3.20. The van der Waals surface area contributed by atoms with Gasteiger partial charge in [0.25, 0.3) is 0 Å². The summed E-state index contributed by atoms with van der Waals surface area (Å²) in [5.41, 5.74) is 1.10. The van der Waals surface area contributed by atoms with Crippen LogP contribution in [0.3, 0.4) is 0 Å². The first-order chi connectivity index (χ1) is 9.22. The number of hydrogen-bond donors (Lipinski definition) is 2. The van der Waals surface area contributed by atoms with Gasteiger partial charge in [-0.25, -0.2) is 9.89 Å². The van der Waals surface area contributed by atoms with Crippen LogP contribution >= 0.6 is 11.8 Å². The van der Waals surface area contributed by atoms with E-state index >= 15 is 0 Å². The summed E-state index contributed by atoms with van der Waals surface area (Å²) in [6, 6.07) is 9.08. The maximum Gasteiger partial charge on any atom is 0.343 e. The number of benzene rings is 1. The summed E-state index contributed by atoms with van der Waals surface area (Å²) >= 11 is 1.48. The predicted octanol–water partition coefficient (Wildman–Crippen LogP) is 1.51. The fourth-order valence-corrected chi connectivity index (χ4v) is 2.55. The van der Waals surface area contributed by atoms with Crippen LogP contribution in [0.2, 0.25) is 0 Å². The Bertz CT molecular complexity index is 612. The molecule has 0 bridgehead atoms. The standard InChI is InChI=1S/C13H16N4OS/c1-17-12(18)15-16-13(17)19-11-6-2-9(3-7-11)8-14-10-4-5-10/h2-3,6-7,10,14H,4-5,8H2,1H3,(H,15,18). The van der Waals surface area contributed by atoms with Crippen LogP contribution in [0.15, 0.2) is 39.1 Å². The Morgan fingerprint density at radius 3 is 2.74 bits per heavy atom. The molecule has 1 heterocycles. The van der Waals surface area contributed by atoms with Crippen molar-refractivity contribution in [2.75, 3.05) is 0 Å². The zero-order valence-corrected chi connectivity index (χ0v) is 11.5. The lowest BCUT2D eigenvalue weighted by Gasteiger charge is -2.04. The van der Waals surface area contributed by atoms with Gasteiger partial charge in [-0.3, -0.25) is 4.57 Å². The first-order valence-electron chi connectivity index (χ1n) is 6.34. The lowest BCUT2D eigenvalue weighted by Crippen LogP contribution is -2.15. The molecule has 0 saturated heterocycles. The number of hydrogen-bond acceptors (Lipinski definition) is 4. The van der Waals surface area contributed by atoms with Crippen LogP contribution < -0.4 is 11.0 Å². The van der Waals surface area contributed by atoms with Gasteiger partial charge >= 0.3 is 5.69 Å². The van der Waals surface area contributed by atoms with Crippen molar-refractivity contribution in [3.8, 4) is 0 Å². The van der Waals surface area contributed by atoms with Crippen molar-refractivity contribution in [3.05, 3.63) is 40.3 Å². The molecule has 0 unspecified atom stereocenters. The Labute approximate surface area is 115 Å². The Hall–Kier alpha value is -1.53. The van der Waals surface area contributed by atoms with Gasteiger partial charge in [-0.15, -0.1) is 5.10 Å². The van der Waals surface area contributed by atoms with Gasteiger partial charge in [-0.1, -0.05) is 12.1 Å². The van der Waals surface area contributed by atoms with Crippen molar-refractivity contribution in [1.82, 2.24) is 20.1 Å². The number of nitrogens with zero attached hydrogens (tertiary/aromatic N) is 2. The molecule has 1 fully saturated rings. The van der Waals surface area contributed by atoms with Crippen LogP contribution in [0.25, 0.3) is 0 Å². The third-order valence-corrected chi connectivity index (χ3v) is 4.20. The molecule has 0 spiro atoms. The second-order valence-electron chi connectivity index (χ2n) is 4.77. The summed E-state index contributed by atoms with van der Waals surface area (Å²) in [4.78, 5) is 12.3. The van der Waals surface area contributed by atoms with Gasteiger partial charge in [-0.05, 0) is 42.3 Å². The molecule has 6 heteroatoms. The van der Waals surface area contributed by atoms with Crippen molar-refractivity contribution < 1.29 is 0 Å². The van der Waals surface area contributed by atoms with E-state index in [1.807, 2.05) is 0 Å². The summed E-state index contributed by atoms with van der Waals surface area (Å²) in [6.07, 6.45) is 2.61. The second kappa shape index (κ2) is 5.22. The highest BCUT2D eigenvalue weighted by Gasteiger charge is 2.19. The van der Waals surface area contributed by atoms with Crippen molar-refractivity contribution in [3.63, 3.8) is 0 Å². The van der Waals surface area contributed by atoms with E-state index in [9.17, 15) is 4.79 Å². The van der Waals surface area contributed by atoms with Crippen LogP contribution in [0.1, 0.15) is 18.4 Å². The normalized spacial score (nSPS) is 14.8. The van der Waals surface area contributed by atoms with Gasteiger partial charge in [0.2, 0.25) is 0 Å². The number of aromatic amines is 1. The molecule has 1 aromatic carbocycles. The van der Waals surface area contributed by atoms with Crippen molar-refractivity contribution >= 4 is 11.8 Å². The van der Waals surface area contributed by atoms with Gasteiger partial charge in [0.1, 0.15) is 0 Å². The second-order valence-corrected chi connectivity index (χ2v) is 5.81. The minimum Gasteiger partial charge on any atom is -0.310 e. The van der Waals surface area contributed by atoms with E-state index in [0.29, 0.717) is 5.16 Å². The largest absolute Gasteiger partial charge is 0.343 e. The molecular weight excluding hydrogens is 260 g/mol. The molecule has 0 aliphatic heterocycles. The van der Waals surface area contributed by atoms with Gasteiger partial charge in [-0.2, -0.15) is 0 Å². The molecule has 3 rings (SSSR count). The van der Waals surface area contributed by atoms with E-state index in [4.69, 9.17) is 0 Å². The summed E-state index contributed by atoms with van der Waals surface area (Å²) in [5, 5.41) is 10.6. The molecule has 1 aliphatic carbocycles. The molecule has 5 nitrogen and oxygen atoms in total. The number of aromatic nitrogens is 3. The third kappa shape index (κ3) is 3.08. The fraction of sp³-hybridized carbons (Fsp3) is 0.385. The average molecular weight is 276 g/mol. The van der Waals surface area contributed by atoms with Gasteiger partial charge < -0.3 is 5.32 Å². The summed E-state index contributed by atoms with van der Waals surface area (Å²) in [5.74, 6) is 0. The quantitative estimate of drug-likeness (QED) is 0.869. The van der Waals surface area contributed by atoms with Crippen molar-refractivity contribution in [1.29, 1.82) is 0 Å². The SMILES string of the molecule is Cn1c(Sc2ccc(CNC3CC3)cc2)n[nH]c1=O. The molecule has 1 aromatic heterocycles. The maximum atomic E-state index is 11.3. The monoisotopic (exact) mass is 276 g/mol. The lowest BCUT2D eigenvalue weighted by molar-refractivity contribution is 0.687. The molecule has 2 aromatic rings. The van der Waals surface area contributed by atoms with Gasteiger partial charge in [0.15, 0.2) is 5.16 Å². The Kier molecular flexibility index (Phi) is 3.44. The topological polar surface area (TPSA) is 62.7 Å². The first kappa shape index (κ1) is 12.5. The summed E-state index contributed by atoms with van der Waals surface area (Å²) in [6.45, 7) is 0.927. The Balaban J connectivity index is 1.64. The number of rotatable bonds is 5. The molecule has 2 N–H and O–H groups in total. The smallest absolute Gasteiger partial charge is 0.310 e. The van der Waals surface area contributed by atoms with Crippen LogP contribution in [0, 0.1) is 0 Å². The number of nitrogens with one attached hydrogen (secondary N) is 2. The first-order valence-corrected chi connectivity index (χ1v) is 7.15. The fourth-order valence-electron chi connectivity index (χ4n) is 1.75. The minimum atomic E-state index is -0.187. The summed E-state index contributed by atoms with van der Waals surface area (Å²) in [7, 11) is 1.71. The van der Waals surface area contributed by atoms with E-state index in [-0.39, 0.29) is 5.69 Å². The van der Waals surface area contributed by atoms with E-state index in [0.717, 1.165) is 17.5 Å². The highest BCUT2D eigenvalue weighted by molar-refractivity contribution is 7.99. The van der Waals surface area contributed by atoms with Crippen LogP contribution in [-0.4, -0.2) is 20.8 Å². The van der Waals surface area contributed by atoms with Crippen LogP contribution in [-0.2, 0) is 13.6 Å². The molecule has 19 heavy (non-hydrogen) atoms. The molecule has 0 amide bonds. The Morgan fingerprint density at radius 2 is 2.16 bits per heavy atom. The highest BCUT2D eigenvalue weighted by Crippen LogP contribution is 2.25. The minimum absolute atomic E-state index is 0.187. The molecule has 100 valence electrons. The maximum absolute atomic E-state index is 11.3. The van der Waals surface area contributed by atoms with Gasteiger partial charge in [0.05, 0.1) is 0 Å². The van der Waals surface area contributed by atoms with Gasteiger partial charge in [0, 0.05) is 24.5 Å². The molecule has 0 atom stereocenters. The van der Waals surface area contributed by atoms with Crippen LogP contribution in [0.4, 0.5) is 0 Å². The van der Waals surface area contributed by atoms with E-state index < -0.39 is 0 Å². The van der Waals surface area contributed by atoms with E-state index in [1.165, 1.54) is 34.7 Å². The molecule has 1 saturated carbocycles. The van der Waals surface area contributed by atoms with Crippen LogP contribution in [0.5, 0.6) is 0 Å². The number of H-pyrrole nitrogens is 1. The zero-order valence-electron chi connectivity index (χ0n) is 10.7. The molecular formula is C13H16N4OS. The molecule has 1 aliphatic rings. The highest BCUT2D eigenvalue weighted by atomic mass is 32.2. The van der Waals surface area contributed by atoms with Crippen molar-refractivity contribution in [2.45, 2.75) is 35.5 Å². The lowest BCUT2D eigenvalue weighted by atomic mass is 10.2. The van der Waals surface area contributed by atoms with Crippen molar-refractivity contribution in [2.24, 2.45) is 7.05 Å². The third-order valence-electron chi connectivity index (χ3n) is 3.14. The zero-order chi connectivity index (χ0) is 13.2. The summed E-state index contributed by atoms with van der Waals surface area (Å²) < 4.78 is 1.51. The van der Waals surface area contributed by atoms with E-state index in [2.05, 4.69) is 39.8 Å². The molecule has 0 radical (unpaired) electrons. The van der Waals surface area contributed by atoms with E-state index in [1.54, 1.807) is 7.05 Å².